The first kappa shape index (κ1) is 17.1. The van der Waals surface area contributed by atoms with Crippen LogP contribution in [0.25, 0.3) is 10.9 Å². The number of fused-ring (bicyclic) bond motifs is 2. The van der Waals surface area contributed by atoms with Crippen molar-refractivity contribution in [3.63, 3.8) is 0 Å². The minimum Gasteiger partial charge on any atom is -0.484 e. The zero-order chi connectivity index (χ0) is 18.1. The first-order valence-corrected chi connectivity index (χ1v) is 9.57. The minimum absolute atomic E-state index is 0.0200. The smallest absolute Gasteiger partial charge is 0.261 e. The highest BCUT2D eigenvalue weighted by Gasteiger charge is 2.23. The van der Waals surface area contributed by atoms with Crippen LogP contribution in [0, 0.1) is 5.92 Å². The molecule has 2 aliphatic rings. The molecule has 4 rings (SSSR count). The molecule has 2 atom stereocenters. The number of carbonyl (C=O) groups is 1. The molecule has 26 heavy (non-hydrogen) atoms. The zero-order valence-corrected chi connectivity index (χ0v) is 15.2. The Hall–Kier alpha value is -2.37. The average molecular weight is 355 g/mol. The van der Waals surface area contributed by atoms with Crippen LogP contribution in [0.15, 0.2) is 23.0 Å². The van der Waals surface area contributed by atoms with Gasteiger partial charge in [-0.05, 0) is 43.4 Å². The van der Waals surface area contributed by atoms with Gasteiger partial charge < -0.3 is 10.1 Å². The third-order valence-corrected chi connectivity index (χ3v) is 5.61. The molecule has 1 aliphatic carbocycles. The van der Waals surface area contributed by atoms with Crippen LogP contribution < -0.4 is 15.6 Å². The lowest BCUT2D eigenvalue weighted by Gasteiger charge is -2.29. The van der Waals surface area contributed by atoms with E-state index in [9.17, 15) is 9.59 Å². The molecule has 1 N–H and O–H groups in total. The number of aromatic nitrogens is 2. The second-order valence-electron chi connectivity index (χ2n) is 7.49. The van der Waals surface area contributed by atoms with Crippen molar-refractivity contribution in [3.8, 4) is 5.75 Å². The fourth-order valence-corrected chi connectivity index (χ4v) is 4.08. The molecule has 2 heterocycles. The van der Waals surface area contributed by atoms with E-state index in [1.807, 2.05) is 0 Å². The van der Waals surface area contributed by atoms with E-state index >= 15 is 0 Å². The van der Waals surface area contributed by atoms with Gasteiger partial charge in [-0.25, -0.2) is 4.98 Å². The van der Waals surface area contributed by atoms with Crippen molar-refractivity contribution in [2.45, 2.75) is 58.0 Å². The Morgan fingerprint density at radius 1 is 1.31 bits per heavy atom. The Balaban J connectivity index is 1.44. The number of hydrogen-bond acceptors (Lipinski definition) is 4. The Labute approximate surface area is 152 Å². The number of hydrogen-bond donors (Lipinski definition) is 1. The summed E-state index contributed by atoms with van der Waals surface area (Å²) in [5.41, 5.74) is 0.671. The highest BCUT2D eigenvalue weighted by molar-refractivity contribution is 5.80. The van der Waals surface area contributed by atoms with Gasteiger partial charge in [-0.1, -0.05) is 19.8 Å². The Kier molecular flexibility index (Phi) is 4.66. The van der Waals surface area contributed by atoms with Gasteiger partial charge in [0.1, 0.15) is 11.6 Å². The number of aryl methyl sites for hydroxylation is 1. The highest BCUT2D eigenvalue weighted by atomic mass is 16.5. The molecular formula is C20H25N3O3. The van der Waals surface area contributed by atoms with Gasteiger partial charge >= 0.3 is 0 Å². The van der Waals surface area contributed by atoms with Gasteiger partial charge in [0.15, 0.2) is 6.61 Å². The summed E-state index contributed by atoms with van der Waals surface area (Å²) in [6, 6.07) is 5.52. The number of rotatable bonds is 4. The normalized spacial score (nSPS) is 22.2. The van der Waals surface area contributed by atoms with Crippen molar-refractivity contribution in [1.82, 2.24) is 14.9 Å². The molecule has 1 aromatic heterocycles. The number of benzene rings is 1. The number of nitrogens with zero attached hydrogens (tertiary/aromatic N) is 2. The van der Waals surface area contributed by atoms with Gasteiger partial charge in [0.25, 0.3) is 11.5 Å². The fourth-order valence-electron chi connectivity index (χ4n) is 4.08. The molecule has 2 aromatic rings. The van der Waals surface area contributed by atoms with Gasteiger partial charge in [-0.15, -0.1) is 0 Å². The molecule has 0 saturated heterocycles. The van der Waals surface area contributed by atoms with Gasteiger partial charge in [0, 0.05) is 19.0 Å². The second kappa shape index (κ2) is 7.09. The molecule has 6 nitrogen and oxygen atoms in total. The van der Waals surface area contributed by atoms with Crippen molar-refractivity contribution in [2.75, 3.05) is 6.61 Å². The standard InChI is InChI=1S/C20H25N3O3/c1-13-5-2-3-6-16(13)22-19(24)12-26-14-8-9-17-15(11-14)20(25)23-10-4-7-18(23)21-17/h8-9,11,13,16H,2-7,10,12H2,1H3,(H,22,24)/t13-,16+/m1/s1. The van der Waals surface area contributed by atoms with E-state index in [0.29, 0.717) is 22.6 Å². The third-order valence-electron chi connectivity index (χ3n) is 5.61. The lowest BCUT2D eigenvalue weighted by atomic mass is 9.86. The number of nitrogens with one attached hydrogen (secondary N) is 1. The molecule has 0 bridgehead atoms. The first-order chi connectivity index (χ1) is 12.6. The number of carbonyl (C=O) groups excluding carboxylic acids is 1. The lowest BCUT2D eigenvalue weighted by molar-refractivity contribution is -0.124. The highest BCUT2D eigenvalue weighted by Crippen LogP contribution is 2.24. The maximum absolute atomic E-state index is 12.6. The van der Waals surface area contributed by atoms with Gasteiger partial charge in [0.05, 0.1) is 10.9 Å². The van der Waals surface area contributed by atoms with Crippen LogP contribution in [0.5, 0.6) is 5.75 Å². The van der Waals surface area contributed by atoms with Crippen molar-refractivity contribution < 1.29 is 9.53 Å². The summed E-state index contributed by atoms with van der Waals surface area (Å²) in [7, 11) is 0. The largest absolute Gasteiger partial charge is 0.484 e. The van der Waals surface area contributed by atoms with Crippen LogP contribution in [0.3, 0.4) is 0 Å². The van der Waals surface area contributed by atoms with E-state index in [0.717, 1.165) is 38.1 Å². The van der Waals surface area contributed by atoms with Crippen LogP contribution in [-0.4, -0.2) is 28.1 Å². The van der Waals surface area contributed by atoms with E-state index in [4.69, 9.17) is 4.74 Å². The maximum atomic E-state index is 12.6. The molecular weight excluding hydrogens is 330 g/mol. The number of amides is 1. The van der Waals surface area contributed by atoms with Crippen LogP contribution in [0.2, 0.25) is 0 Å². The van der Waals surface area contributed by atoms with E-state index in [2.05, 4.69) is 17.2 Å². The third kappa shape index (κ3) is 3.32. The van der Waals surface area contributed by atoms with Crippen LogP contribution in [0.4, 0.5) is 0 Å². The minimum atomic E-state index is -0.104. The summed E-state index contributed by atoms with van der Waals surface area (Å²) >= 11 is 0. The Bertz CT molecular complexity index is 890. The van der Waals surface area contributed by atoms with Crippen LogP contribution in [0.1, 0.15) is 44.9 Å². The van der Waals surface area contributed by atoms with Crippen molar-refractivity contribution in [3.05, 3.63) is 34.4 Å². The van der Waals surface area contributed by atoms with Crippen molar-refractivity contribution in [1.29, 1.82) is 0 Å². The SMILES string of the molecule is C[C@@H]1CCCC[C@@H]1NC(=O)COc1ccc2nc3n(c(=O)c2c1)CCC3. The molecule has 1 aromatic carbocycles. The molecule has 0 spiro atoms. The summed E-state index contributed by atoms with van der Waals surface area (Å²) in [5.74, 6) is 1.80. The lowest BCUT2D eigenvalue weighted by Crippen LogP contribution is -2.43. The monoisotopic (exact) mass is 355 g/mol. The Morgan fingerprint density at radius 3 is 3.00 bits per heavy atom. The summed E-state index contributed by atoms with van der Waals surface area (Å²) < 4.78 is 7.38. The molecule has 0 radical (unpaired) electrons. The summed E-state index contributed by atoms with van der Waals surface area (Å²) in [6.07, 6.45) is 6.43. The predicted octanol–water partition coefficient (Wildman–Crippen LogP) is 2.42. The second-order valence-corrected chi connectivity index (χ2v) is 7.49. The van der Waals surface area contributed by atoms with Crippen molar-refractivity contribution >= 4 is 16.8 Å². The van der Waals surface area contributed by atoms with E-state index < -0.39 is 0 Å². The summed E-state index contributed by atoms with van der Waals surface area (Å²) in [6.45, 7) is 2.88. The fraction of sp³-hybridized carbons (Fsp3) is 0.550. The van der Waals surface area contributed by atoms with Gasteiger partial charge in [0.2, 0.25) is 0 Å². The molecule has 1 fully saturated rings. The quantitative estimate of drug-likeness (QED) is 0.914. The van der Waals surface area contributed by atoms with Gasteiger partial charge in [-0.3, -0.25) is 14.2 Å². The summed E-state index contributed by atoms with van der Waals surface area (Å²) in [5, 5.41) is 3.63. The van der Waals surface area contributed by atoms with E-state index in [1.165, 1.54) is 12.8 Å². The molecule has 1 amide bonds. The summed E-state index contributed by atoms with van der Waals surface area (Å²) in [4.78, 5) is 29.4. The molecule has 1 saturated carbocycles. The topological polar surface area (TPSA) is 73.2 Å². The molecule has 138 valence electrons. The molecule has 1 aliphatic heterocycles. The van der Waals surface area contributed by atoms with Crippen molar-refractivity contribution in [2.24, 2.45) is 5.92 Å². The number of ether oxygens (including phenoxy) is 1. The van der Waals surface area contributed by atoms with Gasteiger partial charge in [-0.2, -0.15) is 0 Å². The molecule has 6 heteroatoms. The maximum Gasteiger partial charge on any atom is 0.261 e. The zero-order valence-electron chi connectivity index (χ0n) is 15.2. The first-order valence-electron chi connectivity index (χ1n) is 9.57. The van der Waals surface area contributed by atoms with Crippen LogP contribution in [-0.2, 0) is 17.8 Å². The van der Waals surface area contributed by atoms with Crippen LogP contribution >= 0.6 is 0 Å². The average Bonchev–Trinajstić information content (AvgIpc) is 3.11. The predicted molar refractivity (Wildman–Crippen MR) is 99.4 cm³/mol. The molecule has 0 unspecified atom stereocenters. The van der Waals surface area contributed by atoms with E-state index in [1.54, 1.807) is 22.8 Å². The van der Waals surface area contributed by atoms with E-state index in [-0.39, 0.29) is 24.1 Å². The Morgan fingerprint density at radius 2 is 2.15 bits per heavy atom.